The van der Waals surface area contributed by atoms with E-state index in [9.17, 15) is 14.0 Å². The number of anilines is 1. The van der Waals surface area contributed by atoms with Gasteiger partial charge in [0.1, 0.15) is 11.6 Å². The van der Waals surface area contributed by atoms with Crippen LogP contribution in [0.15, 0.2) is 23.3 Å². The summed E-state index contributed by atoms with van der Waals surface area (Å²) in [5.41, 5.74) is 0.927. The van der Waals surface area contributed by atoms with E-state index in [2.05, 4.69) is 0 Å². The van der Waals surface area contributed by atoms with Crippen LogP contribution in [-0.4, -0.2) is 18.4 Å². The largest absolute Gasteiger partial charge is 0.492 e. The molecule has 122 valence electrons. The van der Waals surface area contributed by atoms with Crippen molar-refractivity contribution in [3.05, 3.63) is 34.1 Å². The summed E-state index contributed by atoms with van der Waals surface area (Å²) in [4.78, 5) is 26.1. The van der Waals surface area contributed by atoms with Crippen molar-refractivity contribution in [2.24, 2.45) is 5.92 Å². The quantitative estimate of drug-likeness (QED) is 0.787. The molecule has 1 aliphatic carbocycles. The first-order valence-corrected chi connectivity index (χ1v) is 8.04. The van der Waals surface area contributed by atoms with E-state index >= 15 is 0 Å². The van der Waals surface area contributed by atoms with E-state index in [1.54, 1.807) is 6.92 Å². The monoisotopic (exact) mass is 337 g/mol. The molecule has 0 spiro atoms. The van der Waals surface area contributed by atoms with Gasteiger partial charge in [-0.15, -0.1) is 0 Å². The summed E-state index contributed by atoms with van der Waals surface area (Å²) in [7, 11) is 0. The van der Waals surface area contributed by atoms with Gasteiger partial charge in [0.05, 0.1) is 17.3 Å². The first-order chi connectivity index (χ1) is 10.9. The second-order valence-electron chi connectivity index (χ2n) is 5.92. The van der Waals surface area contributed by atoms with Crippen molar-refractivity contribution in [1.82, 2.24) is 0 Å². The van der Waals surface area contributed by atoms with Crippen molar-refractivity contribution in [2.75, 3.05) is 11.5 Å². The molecular formula is C17H17ClFNO3. The zero-order valence-electron chi connectivity index (χ0n) is 13.0. The van der Waals surface area contributed by atoms with Gasteiger partial charge in [-0.25, -0.2) is 9.29 Å². The Kier molecular flexibility index (Phi) is 4.15. The highest BCUT2D eigenvalue weighted by molar-refractivity contribution is 6.34. The summed E-state index contributed by atoms with van der Waals surface area (Å²) >= 11 is 5.94. The number of imide groups is 1. The lowest BCUT2D eigenvalue weighted by Gasteiger charge is -2.18. The first kappa shape index (κ1) is 16.0. The molecule has 1 aromatic carbocycles. The molecule has 1 atom stereocenters. The third-order valence-electron chi connectivity index (χ3n) is 4.27. The molecule has 6 heteroatoms. The van der Waals surface area contributed by atoms with Gasteiger partial charge in [0, 0.05) is 17.2 Å². The van der Waals surface area contributed by atoms with Crippen LogP contribution < -0.4 is 9.64 Å². The van der Waals surface area contributed by atoms with Gasteiger partial charge in [0.25, 0.3) is 11.8 Å². The number of carbonyl (C=O) groups is 2. The predicted molar refractivity (Wildman–Crippen MR) is 85.1 cm³/mol. The lowest BCUT2D eigenvalue weighted by Crippen LogP contribution is -2.32. The minimum atomic E-state index is -0.715. The third-order valence-corrected chi connectivity index (χ3v) is 4.56. The van der Waals surface area contributed by atoms with Gasteiger partial charge < -0.3 is 4.74 Å². The molecule has 2 aliphatic rings. The fourth-order valence-electron chi connectivity index (χ4n) is 3.10. The zero-order valence-corrected chi connectivity index (χ0v) is 13.7. The molecule has 23 heavy (non-hydrogen) atoms. The summed E-state index contributed by atoms with van der Waals surface area (Å²) in [6.07, 6.45) is 1.98. The van der Waals surface area contributed by atoms with Crippen LogP contribution in [0.4, 0.5) is 10.1 Å². The molecule has 1 unspecified atom stereocenters. The molecular weight excluding hydrogens is 321 g/mol. The molecule has 2 amide bonds. The van der Waals surface area contributed by atoms with Crippen molar-refractivity contribution in [3.63, 3.8) is 0 Å². The molecule has 0 radical (unpaired) electrons. The number of amides is 2. The number of rotatable bonds is 3. The molecule has 0 saturated carbocycles. The van der Waals surface area contributed by atoms with Crippen LogP contribution in [0.1, 0.15) is 33.1 Å². The molecule has 0 saturated heterocycles. The van der Waals surface area contributed by atoms with E-state index in [0.717, 1.165) is 17.4 Å². The Balaban J connectivity index is 2.02. The average molecular weight is 338 g/mol. The van der Waals surface area contributed by atoms with Crippen molar-refractivity contribution in [2.45, 2.75) is 33.1 Å². The Morgan fingerprint density at radius 1 is 1.30 bits per heavy atom. The predicted octanol–water partition coefficient (Wildman–Crippen LogP) is 3.87. The standard InChI is InChI=1S/C17H17ClFNO3/c1-3-23-15-8-14(13(19)7-12(15)18)20-16(21)10-5-4-9(2)6-11(10)17(20)22/h7-9H,3-6H2,1-2H3. The van der Waals surface area contributed by atoms with E-state index in [1.807, 2.05) is 6.92 Å². The van der Waals surface area contributed by atoms with Crippen LogP contribution in [0.2, 0.25) is 5.02 Å². The molecule has 1 aromatic rings. The number of hydrogen-bond donors (Lipinski definition) is 0. The molecule has 1 aliphatic heterocycles. The van der Waals surface area contributed by atoms with Crippen LogP contribution in [0, 0.1) is 11.7 Å². The molecule has 4 nitrogen and oxygen atoms in total. The molecule has 0 bridgehead atoms. The SMILES string of the molecule is CCOc1cc(N2C(=O)C3=C(CC(C)CC3)C2=O)c(F)cc1Cl. The lowest BCUT2D eigenvalue weighted by molar-refractivity contribution is -0.120. The van der Waals surface area contributed by atoms with Gasteiger partial charge in [-0.3, -0.25) is 9.59 Å². The maximum Gasteiger partial charge on any atom is 0.261 e. The van der Waals surface area contributed by atoms with Crippen molar-refractivity contribution < 1.29 is 18.7 Å². The maximum absolute atomic E-state index is 14.3. The average Bonchev–Trinajstić information content (AvgIpc) is 2.74. The van der Waals surface area contributed by atoms with Gasteiger partial charge >= 0.3 is 0 Å². The van der Waals surface area contributed by atoms with Crippen LogP contribution >= 0.6 is 11.6 Å². The smallest absolute Gasteiger partial charge is 0.261 e. The molecule has 0 aromatic heterocycles. The van der Waals surface area contributed by atoms with E-state index in [-0.39, 0.29) is 16.5 Å². The minimum absolute atomic E-state index is 0.102. The fourth-order valence-corrected chi connectivity index (χ4v) is 3.31. The summed E-state index contributed by atoms with van der Waals surface area (Å²) in [5.74, 6) is -0.974. The highest BCUT2D eigenvalue weighted by Crippen LogP contribution is 2.40. The molecule has 1 heterocycles. The number of benzene rings is 1. The highest BCUT2D eigenvalue weighted by Gasteiger charge is 2.42. The number of nitrogens with zero attached hydrogens (tertiary/aromatic N) is 1. The Hall–Kier alpha value is -1.88. The summed E-state index contributed by atoms with van der Waals surface area (Å²) in [6.45, 7) is 4.16. The van der Waals surface area contributed by atoms with Crippen LogP contribution in [0.25, 0.3) is 0 Å². The van der Waals surface area contributed by atoms with E-state index in [0.29, 0.717) is 36.5 Å². The second-order valence-corrected chi connectivity index (χ2v) is 6.33. The van der Waals surface area contributed by atoms with Gasteiger partial charge in [0.15, 0.2) is 0 Å². The Labute approximate surface area is 138 Å². The third kappa shape index (κ3) is 2.63. The summed E-state index contributed by atoms with van der Waals surface area (Å²) in [6, 6.07) is 2.39. The topological polar surface area (TPSA) is 46.6 Å². The van der Waals surface area contributed by atoms with Crippen molar-refractivity contribution in [1.29, 1.82) is 0 Å². The molecule has 3 rings (SSSR count). The van der Waals surface area contributed by atoms with Crippen LogP contribution in [0.5, 0.6) is 5.75 Å². The number of ether oxygens (including phenoxy) is 1. The van der Waals surface area contributed by atoms with Gasteiger partial charge in [-0.05, 0) is 38.2 Å². The molecule has 0 fully saturated rings. The number of halogens is 2. The first-order valence-electron chi connectivity index (χ1n) is 7.66. The summed E-state index contributed by atoms with van der Waals surface area (Å²) in [5, 5.41) is 0.110. The fraction of sp³-hybridized carbons (Fsp3) is 0.412. The van der Waals surface area contributed by atoms with E-state index in [1.165, 1.54) is 6.07 Å². The van der Waals surface area contributed by atoms with Crippen LogP contribution in [0.3, 0.4) is 0 Å². The maximum atomic E-state index is 14.3. The highest BCUT2D eigenvalue weighted by atomic mass is 35.5. The van der Waals surface area contributed by atoms with Crippen molar-refractivity contribution in [3.8, 4) is 5.75 Å². The van der Waals surface area contributed by atoms with Crippen LogP contribution in [-0.2, 0) is 9.59 Å². The second kappa shape index (κ2) is 5.96. The van der Waals surface area contributed by atoms with E-state index < -0.39 is 17.6 Å². The Morgan fingerprint density at radius 2 is 2.00 bits per heavy atom. The zero-order chi connectivity index (χ0) is 16.7. The van der Waals surface area contributed by atoms with Gasteiger partial charge in [-0.2, -0.15) is 0 Å². The number of carbonyl (C=O) groups excluding carboxylic acids is 2. The molecule has 0 N–H and O–H groups in total. The van der Waals surface area contributed by atoms with Gasteiger partial charge in [0.2, 0.25) is 0 Å². The normalized spacial score (nSPS) is 21.0. The summed E-state index contributed by atoms with van der Waals surface area (Å²) < 4.78 is 19.7. The number of hydrogen-bond acceptors (Lipinski definition) is 3. The lowest BCUT2D eigenvalue weighted by atomic mass is 9.86. The van der Waals surface area contributed by atoms with Gasteiger partial charge in [-0.1, -0.05) is 18.5 Å². The van der Waals surface area contributed by atoms with Crippen molar-refractivity contribution >= 4 is 29.1 Å². The van der Waals surface area contributed by atoms with E-state index in [4.69, 9.17) is 16.3 Å². The Morgan fingerprint density at radius 3 is 2.70 bits per heavy atom. The Bertz CT molecular complexity index is 729. The minimum Gasteiger partial charge on any atom is -0.492 e.